The van der Waals surface area contributed by atoms with Gasteiger partial charge in [0, 0.05) is 12.6 Å². The van der Waals surface area contributed by atoms with Crippen LogP contribution < -0.4 is 10.6 Å². The van der Waals surface area contributed by atoms with Crippen LogP contribution in [0.2, 0.25) is 0 Å². The Morgan fingerprint density at radius 2 is 1.25 bits per heavy atom. The molecule has 0 aromatic carbocycles. The topological polar surface area (TPSA) is 98.7 Å². The number of alkyl halides is 9. The maximum atomic E-state index is 13.1. The van der Waals surface area contributed by atoms with Gasteiger partial charge in [-0.3, -0.25) is 0 Å². The van der Waals surface area contributed by atoms with Crippen LogP contribution in [0.3, 0.4) is 0 Å². The highest BCUT2D eigenvalue weighted by molar-refractivity contribution is 5.65. The molecule has 0 radical (unpaired) electrons. The summed E-state index contributed by atoms with van der Waals surface area (Å²) in [4.78, 5) is 20.9. The van der Waals surface area contributed by atoms with Crippen LogP contribution in [0.15, 0.2) is 0 Å². The van der Waals surface area contributed by atoms with E-state index in [-0.39, 0.29) is 25.8 Å². The molecule has 2 unspecified atom stereocenters. The van der Waals surface area contributed by atoms with Crippen molar-refractivity contribution >= 4 is 12.2 Å². The van der Waals surface area contributed by atoms with Crippen molar-refractivity contribution in [2.24, 2.45) is 11.8 Å². The van der Waals surface area contributed by atoms with Gasteiger partial charge in [-0.05, 0) is 12.8 Å². The third-order valence-corrected chi connectivity index (χ3v) is 3.65. The van der Waals surface area contributed by atoms with E-state index in [2.05, 4.69) is 0 Å². The molecule has 2 amide bonds. The van der Waals surface area contributed by atoms with Gasteiger partial charge in [-0.1, -0.05) is 12.8 Å². The number of amides is 2. The zero-order chi connectivity index (χ0) is 22.3. The third-order valence-electron chi connectivity index (χ3n) is 3.65. The van der Waals surface area contributed by atoms with E-state index in [1.165, 1.54) is 0 Å². The molecule has 0 spiro atoms. The van der Waals surface area contributed by atoms with Crippen LogP contribution in [0.1, 0.15) is 25.7 Å². The van der Waals surface area contributed by atoms with Gasteiger partial charge in [-0.2, -0.15) is 39.5 Å². The zero-order valence-electron chi connectivity index (χ0n) is 13.9. The second kappa shape index (κ2) is 9.91. The van der Waals surface area contributed by atoms with E-state index in [9.17, 15) is 49.1 Å². The number of halogens is 9. The lowest BCUT2D eigenvalue weighted by molar-refractivity contribution is -0.337. The van der Waals surface area contributed by atoms with Crippen molar-refractivity contribution in [1.29, 1.82) is 0 Å². The number of carboxylic acid groups (broad SMARTS) is 2. The van der Waals surface area contributed by atoms with E-state index in [0.717, 1.165) is 5.32 Å². The van der Waals surface area contributed by atoms with Gasteiger partial charge in [-0.25, -0.2) is 9.59 Å². The van der Waals surface area contributed by atoms with Crippen molar-refractivity contribution in [2.75, 3.05) is 6.54 Å². The molecule has 15 heteroatoms. The predicted molar refractivity (Wildman–Crippen MR) is 74.6 cm³/mol. The van der Waals surface area contributed by atoms with E-state index in [1.807, 2.05) is 5.32 Å². The smallest absolute Gasteiger partial charge is 0.404 e. The minimum Gasteiger partial charge on any atom is -0.465 e. The highest BCUT2D eigenvalue weighted by Gasteiger charge is 2.68. The number of rotatable bonds is 9. The Hall–Kier alpha value is -2.09. The Morgan fingerprint density at radius 3 is 1.61 bits per heavy atom. The summed E-state index contributed by atoms with van der Waals surface area (Å²) in [6, 6.07) is -2.71. The average molecular weight is 436 g/mol. The largest absolute Gasteiger partial charge is 0.465 e. The second-order valence-corrected chi connectivity index (χ2v) is 5.77. The molecule has 0 saturated carbocycles. The molecule has 0 aliphatic carbocycles. The normalized spacial score (nSPS) is 15.2. The predicted octanol–water partition coefficient (Wildman–Crippen LogP) is 4.37. The first-order chi connectivity index (χ1) is 12.5. The number of hydrogen-bond donors (Lipinski definition) is 4. The molecule has 0 saturated heterocycles. The lowest BCUT2D eigenvalue weighted by atomic mass is 9.81. The van der Waals surface area contributed by atoms with Crippen LogP contribution in [-0.4, -0.2) is 53.5 Å². The summed E-state index contributed by atoms with van der Waals surface area (Å²) >= 11 is 0. The van der Waals surface area contributed by atoms with Crippen molar-refractivity contribution < 1.29 is 59.3 Å². The van der Waals surface area contributed by atoms with Gasteiger partial charge in [0.25, 0.3) is 0 Å². The molecule has 0 rings (SSSR count). The summed E-state index contributed by atoms with van der Waals surface area (Å²) in [6.07, 6.45) is -23.6. The van der Waals surface area contributed by atoms with Gasteiger partial charge in [0.05, 0.1) is 5.92 Å². The van der Waals surface area contributed by atoms with Crippen LogP contribution >= 0.6 is 0 Å². The molecule has 4 N–H and O–H groups in total. The fraction of sp³-hybridized carbons (Fsp3) is 0.846. The first-order valence-corrected chi connectivity index (χ1v) is 7.64. The standard InChI is InChI=1S/C13H17F9N2O4/c14-11(15,16)7(8(12(17,18)19)13(20,21)22)6(24-10(27)28)4-2-1-3-5-23-9(25)26/h6-8,23-24H,1-5H2,(H,25,26)(H,27,28). The van der Waals surface area contributed by atoms with Crippen molar-refractivity contribution in [3.05, 3.63) is 0 Å². The molecule has 28 heavy (non-hydrogen) atoms. The maximum absolute atomic E-state index is 13.1. The third kappa shape index (κ3) is 9.21. The van der Waals surface area contributed by atoms with Gasteiger partial charge in [-0.15, -0.1) is 0 Å². The first kappa shape index (κ1) is 25.9. The number of nitrogens with one attached hydrogen (secondary N) is 2. The Labute approximate surface area is 152 Å². The molecule has 166 valence electrons. The Balaban J connectivity index is 5.54. The molecule has 0 heterocycles. The van der Waals surface area contributed by atoms with Gasteiger partial charge in [0.15, 0.2) is 5.92 Å². The molecule has 6 nitrogen and oxygen atoms in total. The van der Waals surface area contributed by atoms with E-state index < -0.39 is 55.0 Å². The average Bonchev–Trinajstić information content (AvgIpc) is 2.42. The van der Waals surface area contributed by atoms with Gasteiger partial charge in [0.2, 0.25) is 0 Å². The van der Waals surface area contributed by atoms with Gasteiger partial charge < -0.3 is 20.8 Å². The van der Waals surface area contributed by atoms with Crippen molar-refractivity contribution in [2.45, 2.75) is 50.3 Å². The quantitative estimate of drug-likeness (QED) is 0.319. The molecule has 2 atom stereocenters. The van der Waals surface area contributed by atoms with Crippen LogP contribution in [0.4, 0.5) is 49.1 Å². The SMILES string of the molecule is O=C(O)NCCCCCC(NC(=O)O)C(C(C(F)(F)F)C(F)(F)F)C(F)(F)F. The van der Waals surface area contributed by atoms with Crippen molar-refractivity contribution in [3.63, 3.8) is 0 Å². The van der Waals surface area contributed by atoms with Gasteiger partial charge in [0.1, 0.15) is 0 Å². The van der Waals surface area contributed by atoms with Crippen molar-refractivity contribution in [3.8, 4) is 0 Å². The molecule has 0 aliphatic rings. The number of hydrogen-bond acceptors (Lipinski definition) is 2. The Bertz CT molecular complexity index is 506. The van der Waals surface area contributed by atoms with Gasteiger partial charge >= 0.3 is 30.7 Å². The number of carbonyl (C=O) groups is 2. The fourth-order valence-corrected chi connectivity index (χ4v) is 2.60. The van der Waals surface area contributed by atoms with Crippen LogP contribution in [-0.2, 0) is 0 Å². The summed E-state index contributed by atoms with van der Waals surface area (Å²) in [5.74, 6) is -8.90. The minimum absolute atomic E-state index is 0.0325. The summed E-state index contributed by atoms with van der Waals surface area (Å²) in [5, 5.41) is 19.9. The molecule has 0 aromatic rings. The second-order valence-electron chi connectivity index (χ2n) is 5.77. The van der Waals surface area contributed by atoms with Crippen LogP contribution in [0.25, 0.3) is 0 Å². The monoisotopic (exact) mass is 436 g/mol. The van der Waals surface area contributed by atoms with Crippen molar-refractivity contribution in [1.82, 2.24) is 10.6 Å². The highest BCUT2D eigenvalue weighted by atomic mass is 19.4. The van der Waals surface area contributed by atoms with Crippen LogP contribution in [0.5, 0.6) is 0 Å². The molecular formula is C13H17F9N2O4. The molecule has 0 aromatic heterocycles. The lowest BCUT2D eigenvalue weighted by Crippen LogP contribution is -2.56. The molecular weight excluding hydrogens is 419 g/mol. The first-order valence-electron chi connectivity index (χ1n) is 7.64. The number of unbranched alkanes of at least 4 members (excludes halogenated alkanes) is 2. The molecule has 0 fully saturated rings. The molecule has 0 bridgehead atoms. The van der Waals surface area contributed by atoms with Crippen LogP contribution in [0, 0.1) is 11.8 Å². The maximum Gasteiger partial charge on any atom is 0.404 e. The summed E-state index contributed by atoms with van der Waals surface area (Å²) < 4.78 is 116. The Morgan fingerprint density at radius 1 is 0.750 bits per heavy atom. The highest BCUT2D eigenvalue weighted by Crippen LogP contribution is 2.50. The Kier molecular flexibility index (Phi) is 9.17. The summed E-state index contributed by atoms with van der Waals surface area (Å²) in [5.41, 5.74) is 0. The summed E-state index contributed by atoms with van der Waals surface area (Å²) in [6.45, 7) is -0.150. The zero-order valence-corrected chi connectivity index (χ0v) is 13.9. The lowest BCUT2D eigenvalue weighted by Gasteiger charge is -2.36. The van der Waals surface area contributed by atoms with E-state index in [0.29, 0.717) is 0 Å². The fourth-order valence-electron chi connectivity index (χ4n) is 2.60. The van der Waals surface area contributed by atoms with E-state index in [1.54, 1.807) is 0 Å². The minimum atomic E-state index is -6.32. The van der Waals surface area contributed by atoms with E-state index in [4.69, 9.17) is 10.2 Å². The molecule has 0 aliphatic heterocycles. The summed E-state index contributed by atoms with van der Waals surface area (Å²) in [7, 11) is 0. The van der Waals surface area contributed by atoms with E-state index >= 15 is 0 Å².